The molecule has 1 aromatic carbocycles. The van der Waals surface area contributed by atoms with Crippen LogP contribution in [0.25, 0.3) is 16.5 Å². The molecular weight excluding hydrogens is 304 g/mol. The van der Waals surface area contributed by atoms with Gasteiger partial charge in [0.25, 0.3) is 0 Å². The maximum Gasteiger partial charge on any atom is 0.154 e. The molecule has 3 heterocycles. The molecule has 0 amide bonds. The third-order valence-corrected chi connectivity index (χ3v) is 4.37. The van der Waals surface area contributed by atoms with Crippen molar-refractivity contribution in [2.24, 2.45) is 0 Å². The van der Waals surface area contributed by atoms with Crippen LogP contribution < -0.4 is 4.74 Å². The van der Waals surface area contributed by atoms with Gasteiger partial charge < -0.3 is 9.15 Å². The Labute approximate surface area is 138 Å². The lowest BCUT2D eigenvalue weighted by atomic mass is 10.1. The molecule has 0 unspecified atom stereocenters. The predicted molar refractivity (Wildman–Crippen MR) is 91.1 cm³/mol. The molecule has 4 aromatic rings. The number of aldehydes is 1. The number of fused-ring (bicyclic) bond motifs is 2. The van der Waals surface area contributed by atoms with Crippen LogP contribution in [0.5, 0.6) is 11.5 Å². The Kier molecular flexibility index (Phi) is 3.16. The van der Waals surface area contributed by atoms with E-state index >= 15 is 0 Å². The van der Waals surface area contributed by atoms with Crippen molar-refractivity contribution in [1.29, 1.82) is 0 Å². The maximum absolute atomic E-state index is 11.2. The van der Waals surface area contributed by atoms with Gasteiger partial charge in [0.1, 0.15) is 22.6 Å². The summed E-state index contributed by atoms with van der Waals surface area (Å²) in [4.78, 5) is 11.2. The summed E-state index contributed by atoms with van der Waals surface area (Å²) < 4.78 is 13.5. The van der Waals surface area contributed by atoms with Crippen LogP contribution in [0.15, 0.2) is 41.1 Å². The Morgan fingerprint density at radius 2 is 2.04 bits per heavy atom. The first-order valence-corrected chi connectivity index (χ1v) is 7.68. The van der Waals surface area contributed by atoms with Gasteiger partial charge in [-0.3, -0.25) is 4.79 Å². The van der Waals surface area contributed by atoms with Crippen molar-refractivity contribution in [2.75, 3.05) is 0 Å². The van der Waals surface area contributed by atoms with Crippen molar-refractivity contribution in [3.8, 4) is 11.5 Å². The number of carbonyl (C=O) groups excluding carboxylic acids is 1. The van der Waals surface area contributed by atoms with E-state index in [0.717, 1.165) is 34.1 Å². The van der Waals surface area contributed by atoms with Crippen LogP contribution in [0, 0.1) is 20.8 Å². The highest BCUT2D eigenvalue weighted by molar-refractivity contribution is 5.97. The van der Waals surface area contributed by atoms with Gasteiger partial charge >= 0.3 is 0 Å². The molecule has 0 radical (unpaired) electrons. The number of hydrogen-bond donors (Lipinski definition) is 0. The summed E-state index contributed by atoms with van der Waals surface area (Å²) in [6, 6.07) is 7.33. The van der Waals surface area contributed by atoms with Crippen molar-refractivity contribution < 1.29 is 13.9 Å². The molecule has 0 saturated carbocycles. The Balaban J connectivity index is 1.81. The fourth-order valence-electron chi connectivity index (χ4n) is 2.98. The predicted octanol–water partition coefficient (Wildman–Crippen LogP) is 4.61. The molecule has 0 atom stereocenters. The number of furan rings is 1. The Bertz CT molecular complexity index is 1090. The van der Waals surface area contributed by atoms with Crippen molar-refractivity contribution in [2.45, 2.75) is 20.8 Å². The standard InChI is InChI=1S/C19H16N2O3/c1-11-9-21-19(12(11)2)17(6-7-20-21)24-14-4-5-15-16(10-22)13(3)23-18(15)8-14/h4-10H,1-3H3. The summed E-state index contributed by atoms with van der Waals surface area (Å²) >= 11 is 0. The zero-order valence-corrected chi connectivity index (χ0v) is 13.7. The molecule has 0 fully saturated rings. The van der Waals surface area contributed by atoms with Crippen LogP contribution in [-0.4, -0.2) is 15.9 Å². The summed E-state index contributed by atoms with van der Waals surface area (Å²) in [6.45, 7) is 5.88. The zero-order chi connectivity index (χ0) is 16.8. The molecule has 0 aliphatic heterocycles. The molecule has 0 saturated heterocycles. The fourth-order valence-corrected chi connectivity index (χ4v) is 2.98. The van der Waals surface area contributed by atoms with Gasteiger partial charge in [-0.2, -0.15) is 5.10 Å². The lowest BCUT2D eigenvalue weighted by molar-refractivity contribution is 0.112. The van der Waals surface area contributed by atoms with Gasteiger partial charge in [0, 0.05) is 23.7 Å². The van der Waals surface area contributed by atoms with E-state index in [0.29, 0.717) is 22.7 Å². The molecular formula is C19H16N2O3. The zero-order valence-electron chi connectivity index (χ0n) is 13.7. The smallest absolute Gasteiger partial charge is 0.154 e. The molecule has 24 heavy (non-hydrogen) atoms. The largest absolute Gasteiger partial charge is 0.460 e. The highest BCUT2D eigenvalue weighted by Crippen LogP contribution is 2.33. The van der Waals surface area contributed by atoms with Crippen molar-refractivity contribution in [1.82, 2.24) is 9.61 Å². The Hall–Kier alpha value is -3.08. The first-order valence-electron chi connectivity index (χ1n) is 7.68. The second kappa shape index (κ2) is 5.23. The van der Waals surface area contributed by atoms with Crippen molar-refractivity contribution >= 4 is 22.8 Å². The number of aryl methyl sites for hydroxylation is 3. The van der Waals surface area contributed by atoms with E-state index in [1.165, 1.54) is 0 Å². The third kappa shape index (κ3) is 2.09. The number of nitrogens with zero attached hydrogens (tertiary/aromatic N) is 2. The molecule has 0 aliphatic carbocycles. The molecule has 0 bridgehead atoms. The Morgan fingerprint density at radius 1 is 1.21 bits per heavy atom. The van der Waals surface area contributed by atoms with Crippen LogP contribution in [-0.2, 0) is 0 Å². The molecule has 5 nitrogen and oxygen atoms in total. The second-order valence-corrected chi connectivity index (χ2v) is 5.88. The highest BCUT2D eigenvalue weighted by atomic mass is 16.5. The molecule has 0 spiro atoms. The lowest BCUT2D eigenvalue weighted by Crippen LogP contribution is -1.93. The first kappa shape index (κ1) is 14.5. The topological polar surface area (TPSA) is 56.7 Å². The van der Waals surface area contributed by atoms with Crippen LogP contribution in [0.1, 0.15) is 27.2 Å². The van der Waals surface area contributed by atoms with E-state index in [4.69, 9.17) is 9.15 Å². The second-order valence-electron chi connectivity index (χ2n) is 5.88. The van der Waals surface area contributed by atoms with E-state index in [1.54, 1.807) is 19.2 Å². The summed E-state index contributed by atoms with van der Waals surface area (Å²) in [5.74, 6) is 2.00. The van der Waals surface area contributed by atoms with Gasteiger partial charge in [0.15, 0.2) is 12.0 Å². The molecule has 0 aliphatic rings. The highest BCUT2D eigenvalue weighted by Gasteiger charge is 2.13. The summed E-state index contributed by atoms with van der Waals surface area (Å²) in [7, 11) is 0. The number of hydrogen-bond acceptors (Lipinski definition) is 4. The van der Waals surface area contributed by atoms with E-state index in [9.17, 15) is 4.79 Å². The van der Waals surface area contributed by atoms with Gasteiger partial charge in [-0.05, 0) is 44.0 Å². The molecule has 0 N–H and O–H groups in total. The van der Waals surface area contributed by atoms with Crippen LogP contribution in [0.4, 0.5) is 0 Å². The van der Waals surface area contributed by atoms with E-state index < -0.39 is 0 Å². The van der Waals surface area contributed by atoms with E-state index in [2.05, 4.69) is 12.0 Å². The number of benzene rings is 1. The maximum atomic E-state index is 11.2. The minimum absolute atomic E-state index is 0.584. The normalized spacial score (nSPS) is 11.3. The molecule has 3 aromatic heterocycles. The quantitative estimate of drug-likeness (QED) is 0.517. The summed E-state index contributed by atoms with van der Waals surface area (Å²) in [6.07, 6.45) is 4.51. The number of aromatic nitrogens is 2. The van der Waals surface area contributed by atoms with Gasteiger partial charge in [-0.25, -0.2) is 4.52 Å². The van der Waals surface area contributed by atoms with Crippen molar-refractivity contribution in [3.63, 3.8) is 0 Å². The van der Waals surface area contributed by atoms with E-state index in [-0.39, 0.29) is 0 Å². The SMILES string of the molecule is Cc1cn2nccc(Oc3ccc4c(C=O)c(C)oc4c3)c2c1C. The van der Waals surface area contributed by atoms with Crippen LogP contribution >= 0.6 is 0 Å². The summed E-state index contributed by atoms with van der Waals surface area (Å²) in [5.41, 5.74) is 4.46. The van der Waals surface area contributed by atoms with Crippen LogP contribution in [0.3, 0.4) is 0 Å². The van der Waals surface area contributed by atoms with Crippen LogP contribution in [0.2, 0.25) is 0 Å². The van der Waals surface area contributed by atoms with Gasteiger partial charge in [0.05, 0.1) is 11.8 Å². The number of carbonyl (C=O) groups is 1. The Morgan fingerprint density at radius 3 is 2.83 bits per heavy atom. The lowest BCUT2D eigenvalue weighted by Gasteiger charge is -2.08. The monoisotopic (exact) mass is 320 g/mol. The average Bonchev–Trinajstić information content (AvgIpc) is 3.03. The fraction of sp³-hybridized carbons (Fsp3) is 0.158. The molecule has 5 heteroatoms. The molecule has 120 valence electrons. The van der Waals surface area contributed by atoms with Crippen molar-refractivity contribution in [3.05, 3.63) is 59.1 Å². The third-order valence-electron chi connectivity index (χ3n) is 4.37. The first-order chi connectivity index (χ1) is 11.6. The van der Waals surface area contributed by atoms with Gasteiger partial charge in [-0.1, -0.05) is 0 Å². The molecule has 4 rings (SSSR count). The summed E-state index contributed by atoms with van der Waals surface area (Å²) in [5, 5.41) is 5.12. The van der Waals surface area contributed by atoms with E-state index in [1.807, 2.05) is 35.8 Å². The number of rotatable bonds is 3. The average molecular weight is 320 g/mol. The minimum atomic E-state index is 0.584. The minimum Gasteiger partial charge on any atom is -0.460 e. The number of ether oxygens (including phenoxy) is 1. The van der Waals surface area contributed by atoms with Gasteiger partial charge in [-0.15, -0.1) is 0 Å². The van der Waals surface area contributed by atoms with Gasteiger partial charge in [0.2, 0.25) is 0 Å².